The van der Waals surface area contributed by atoms with Crippen LogP contribution in [0.15, 0.2) is 29.6 Å². The summed E-state index contributed by atoms with van der Waals surface area (Å²) >= 11 is 0. The molecular formula is C13H8FN3O3. The van der Waals surface area contributed by atoms with Gasteiger partial charge in [-0.2, -0.15) is 5.10 Å². The largest absolute Gasteiger partial charge is 0.505 e. The lowest BCUT2D eigenvalue weighted by Gasteiger charge is -2.10. The molecule has 0 spiro atoms. The Balaban J connectivity index is 2.66. The van der Waals surface area contributed by atoms with Gasteiger partial charge in [-0.1, -0.05) is 0 Å². The van der Waals surface area contributed by atoms with Crippen LogP contribution < -0.4 is 4.74 Å². The SMILES string of the molecule is COc1nncc2c1c(N=O)c(O)c1ccc(F)cc12. The van der Waals surface area contributed by atoms with Crippen molar-refractivity contribution in [1.82, 2.24) is 10.2 Å². The fraction of sp³-hybridized carbons (Fsp3) is 0.0769. The van der Waals surface area contributed by atoms with Crippen LogP contribution >= 0.6 is 0 Å². The van der Waals surface area contributed by atoms with Gasteiger partial charge in [-0.05, 0) is 28.8 Å². The lowest BCUT2D eigenvalue weighted by molar-refractivity contribution is 0.397. The number of nitrogens with zero attached hydrogens (tertiary/aromatic N) is 3. The Labute approximate surface area is 111 Å². The first-order chi connectivity index (χ1) is 9.67. The van der Waals surface area contributed by atoms with Crippen LogP contribution in [0.25, 0.3) is 21.5 Å². The van der Waals surface area contributed by atoms with Crippen molar-refractivity contribution in [3.63, 3.8) is 0 Å². The highest BCUT2D eigenvalue weighted by Crippen LogP contribution is 2.45. The molecule has 100 valence electrons. The quantitative estimate of drug-likeness (QED) is 0.573. The van der Waals surface area contributed by atoms with Crippen molar-refractivity contribution in [3.8, 4) is 11.6 Å². The van der Waals surface area contributed by atoms with E-state index in [0.717, 1.165) is 0 Å². The summed E-state index contributed by atoms with van der Waals surface area (Å²) < 4.78 is 18.5. The molecule has 0 saturated heterocycles. The van der Waals surface area contributed by atoms with Crippen molar-refractivity contribution in [1.29, 1.82) is 0 Å². The number of ether oxygens (including phenoxy) is 1. The zero-order valence-electron chi connectivity index (χ0n) is 10.3. The molecule has 1 aromatic heterocycles. The first-order valence-electron chi connectivity index (χ1n) is 5.64. The van der Waals surface area contributed by atoms with Gasteiger partial charge in [-0.15, -0.1) is 10.0 Å². The maximum Gasteiger partial charge on any atom is 0.243 e. The Morgan fingerprint density at radius 3 is 2.80 bits per heavy atom. The molecule has 3 aromatic rings. The van der Waals surface area contributed by atoms with Crippen LogP contribution in [0.2, 0.25) is 0 Å². The van der Waals surface area contributed by atoms with Gasteiger partial charge >= 0.3 is 0 Å². The predicted octanol–water partition coefficient (Wildman–Crippen LogP) is 3.03. The van der Waals surface area contributed by atoms with E-state index in [-0.39, 0.29) is 22.7 Å². The summed E-state index contributed by atoms with van der Waals surface area (Å²) in [5.74, 6) is -0.770. The molecule has 0 aliphatic heterocycles. The van der Waals surface area contributed by atoms with E-state index in [1.54, 1.807) is 0 Å². The van der Waals surface area contributed by atoms with Gasteiger partial charge in [0.15, 0.2) is 11.4 Å². The number of benzene rings is 2. The fourth-order valence-corrected chi connectivity index (χ4v) is 2.23. The van der Waals surface area contributed by atoms with Gasteiger partial charge in [0, 0.05) is 10.8 Å². The van der Waals surface area contributed by atoms with Crippen molar-refractivity contribution in [2.75, 3.05) is 7.11 Å². The first-order valence-corrected chi connectivity index (χ1v) is 5.64. The molecule has 6 nitrogen and oxygen atoms in total. The van der Waals surface area contributed by atoms with E-state index in [9.17, 15) is 14.4 Å². The highest BCUT2D eigenvalue weighted by atomic mass is 19.1. The Kier molecular flexibility index (Phi) is 2.67. The average Bonchev–Trinajstić information content (AvgIpc) is 2.47. The molecule has 20 heavy (non-hydrogen) atoms. The van der Waals surface area contributed by atoms with Crippen molar-refractivity contribution in [2.45, 2.75) is 0 Å². The van der Waals surface area contributed by atoms with Gasteiger partial charge in [0.1, 0.15) is 5.82 Å². The number of phenols is 1. The molecular weight excluding hydrogens is 265 g/mol. The summed E-state index contributed by atoms with van der Waals surface area (Å²) in [5.41, 5.74) is -0.203. The van der Waals surface area contributed by atoms with Crippen LogP contribution in [0.3, 0.4) is 0 Å². The molecule has 1 N–H and O–H groups in total. The number of phenolic OH excluding ortho intramolecular Hbond substituents is 1. The maximum atomic E-state index is 13.4. The summed E-state index contributed by atoms with van der Waals surface area (Å²) in [4.78, 5) is 11.0. The number of fused-ring (bicyclic) bond motifs is 3. The van der Waals surface area contributed by atoms with Gasteiger partial charge in [0.2, 0.25) is 5.88 Å². The normalized spacial score (nSPS) is 10.9. The summed E-state index contributed by atoms with van der Waals surface area (Å²) in [6.07, 6.45) is 1.37. The zero-order chi connectivity index (χ0) is 14.3. The minimum absolute atomic E-state index is 0.0403. The molecule has 0 fully saturated rings. The lowest BCUT2D eigenvalue weighted by Crippen LogP contribution is -1.93. The first kappa shape index (κ1) is 12.2. The number of rotatable bonds is 2. The number of aromatic nitrogens is 2. The third-order valence-electron chi connectivity index (χ3n) is 3.09. The van der Waals surface area contributed by atoms with Crippen molar-refractivity contribution >= 4 is 27.2 Å². The van der Waals surface area contributed by atoms with E-state index in [2.05, 4.69) is 15.4 Å². The summed E-state index contributed by atoms with van der Waals surface area (Å²) in [6, 6.07) is 3.81. The molecule has 0 unspecified atom stereocenters. The van der Waals surface area contributed by atoms with Crippen LogP contribution in [-0.4, -0.2) is 22.4 Å². The molecule has 1 heterocycles. The van der Waals surface area contributed by atoms with Crippen LogP contribution in [-0.2, 0) is 0 Å². The molecule has 0 aliphatic carbocycles. The highest BCUT2D eigenvalue weighted by Gasteiger charge is 2.19. The number of hydrogen-bond acceptors (Lipinski definition) is 6. The van der Waals surface area contributed by atoms with E-state index < -0.39 is 5.82 Å². The molecule has 3 rings (SSSR count). The third-order valence-corrected chi connectivity index (χ3v) is 3.09. The smallest absolute Gasteiger partial charge is 0.243 e. The molecule has 2 aromatic carbocycles. The fourth-order valence-electron chi connectivity index (χ4n) is 2.23. The van der Waals surface area contributed by atoms with E-state index in [4.69, 9.17) is 4.74 Å². The van der Waals surface area contributed by atoms with Crippen LogP contribution in [0.4, 0.5) is 10.1 Å². The topological polar surface area (TPSA) is 84.7 Å². The molecule has 0 radical (unpaired) electrons. The van der Waals surface area contributed by atoms with Crippen LogP contribution in [0, 0.1) is 10.7 Å². The van der Waals surface area contributed by atoms with Gasteiger partial charge in [0.05, 0.1) is 18.7 Å². The highest BCUT2D eigenvalue weighted by molar-refractivity contribution is 6.17. The van der Waals surface area contributed by atoms with Crippen LogP contribution in [0.5, 0.6) is 11.6 Å². The molecule has 0 bridgehead atoms. The predicted molar refractivity (Wildman–Crippen MR) is 70.7 cm³/mol. The van der Waals surface area contributed by atoms with E-state index in [0.29, 0.717) is 16.2 Å². The van der Waals surface area contributed by atoms with E-state index >= 15 is 0 Å². The van der Waals surface area contributed by atoms with Crippen molar-refractivity contribution in [3.05, 3.63) is 35.1 Å². The average molecular weight is 273 g/mol. The van der Waals surface area contributed by atoms with Crippen molar-refractivity contribution in [2.24, 2.45) is 5.18 Å². The van der Waals surface area contributed by atoms with Crippen molar-refractivity contribution < 1.29 is 14.2 Å². The zero-order valence-corrected chi connectivity index (χ0v) is 10.3. The number of nitroso groups, excluding NO2 is 1. The van der Waals surface area contributed by atoms with Gasteiger partial charge in [-0.3, -0.25) is 0 Å². The molecule has 0 saturated carbocycles. The van der Waals surface area contributed by atoms with Gasteiger partial charge in [0.25, 0.3) is 0 Å². The van der Waals surface area contributed by atoms with E-state index in [1.807, 2.05) is 0 Å². The van der Waals surface area contributed by atoms with Crippen LogP contribution in [0.1, 0.15) is 0 Å². The number of hydrogen-bond donors (Lipinski definition) is 1. The Morgan fingerprint density at radius 1 is 1.30 bits per heavy atom. The Hall–Kier alpha value is -2.83. The molecule has 0 aliphatic rings. The van der Waals surface area contributed by atoms with E-state index in [1.165, 1.54) is 31.5 Å². The summed E-state index contributed by atoms with van der Waals surface area (Å²) in [5, 5.41) is 21.8. The monoisotopic (exact) mass is 273 g/mol. The number of aromatic hydroxyl groups is 1. The standard InChI is InChI=1S/C13H8FN3O3/c1-20-13-10-9(5-15-16-13)8-4-6(14)2-3-7(8)12(18)11(10)17-19/h2-5,18H,1H3. The Bertz CT molecular complexity index is 851. The second-order valence-corrected chi connectivity index (χ2v) is 4.12. The van der Waals surface area contributed by atoms with Gasteiger partial charge in [-0.25, -0.2) is 4.39 Å². The minimum atomic E-state index is -0.471. The van der Waals surface area contributed by atoms with Gasteiger partial charge < -0.3 is 9.84 Å². The summed E-state index contributed by atoms with van der Waals surface area (Å²) in [6.45, 7) is 0. The molecule has 7 heteroatoms. The summed E-state index contributed by atoms with van der Waals surface area (Å²) in [7, 11) is 1.35. The molecule has 0 atom stereocenters. The maximum absolute atomic E-state index is 13.4. The Morgan fingerprint density at radius 2 is 2.10 bits per heavy atom. The number of halogens is 1. The number of methoxy groups -OCH3 is 1. The second kappa shape index (κ2) is 4.37. The second-order valence-electron chi connectivity index (χ2n) is 4.12. The molecule has 0 amide bonds. The third kappa shape index (κ3) is 1.56. The minimum Gasteiger partial charge on any atom is -0.505 e. The lowest BCUT2D eigenvalue weighted by atomic mass is 10.0.